The molecule has 1 saturated heterocycles. The fraction of sp³-hybridized carbons (Fsp3) is 0.500. The van der Waals surface area contributed by atoms with Crippen LogP contribution in [0.4, 0.5) is 0 Å². The summed E-state index contributed by atoms with van der Waals surface area (Å²) in [5, 5.41) is 5.61. The van der Waals surface area contributed by atoms with E-state index >= 15 is 0 Å². The molecule has 0 radical (unpaired) electrons. The number of rotatable bonds is 6. The summed E-state index contributed by atoms with van der Waals surface area (Å²) in [6.45, 7) is 2.24. The maximum atomic E-state index is 12.2. The van der Waals surface area contributed by atoms with E-state index in [4.69, 9.17) is 4.74 Å². The van der Waals surface area contributed by atoms with Crippen LogP contribution in [0.5, 0.6) is 11.2 Å². The molecule has 8 nitrogen and oxygen atoms in total. The molecule has 1 fully saturated rings. The van der Waals surface area contributed by atoms with Crippen LogP contribution in [0.1, 0.15) is 31.5 Å². The maximum Gasteiger partial charge on any atom is 0.306 e. The molecular weight excluding hydrogens is 340 g/mol. The van der Waals surface area contributed by atoms with Gasteiger partial charge in [0.15, 0.2) is 11.2 Å². The fourth-order valence-corrected chi connectivity index (χ4v) is 3.66. The van der Waals surface area contributed by atoms with Crippen LogP contribution in [-0.4, -0.2) is 38.0 Å². The third kappa shape index (κ3) is 3.88. The van der Waals surface area contributed by atoms with Crippen molar-refractivity contribution in [3.8, 4) is 11.2 Å². The Morgan fingerprint density at radius 3 is 2.92 bits per heavy atom. The lowest BCUT2D eigenvalue weighted by molar-refractivity contribution is 0.346. The minimum atomic E-state index is -0.284. The molecule has 4 heterocycles. The smallest absolute Gasteiger partial charge is 0.306 e. The van der Waals surface area contributed by atoms with Crippen molar-refractivity contribution in [2.24, 2.45) is 5.92 Å². The molecule has 0 saturated carbocycles. The van der Waals surface area contributed by atoms with Gasteiger partial charge in [-0.1, -0.05) is 11.3 Å². The molecule has 0 amide bonds. The molecule has 1 aliphatic rings. The monoisotopic (exact) mass is 360 g/mol. The van der Waals surface area contributed by atoms with Crippen molar-refractivity contribution < 1.29 is 4.74 Å². The van der Waals surface area contributed by atoms with E-state index in [1.807, 2.05) is 0 Å². The lowest BCUT2D eigenvalue weighted by atomic mass is 9.92. The Kier molecular flexibility index (Phi) is 4.75. The number of imidazole rings is 1. The van der Waals surface area contributed by atoms with Gasteiger partial charge >= 0.3 is 6.01 Å². The molecule has 1 aliphatic heterocycles. The highest BCUT2D eigenvalue weighted by Gasteiger charge is 2.14. The van der Waals surface area contributed by atoms with Crippen molar-refractivity contribution in [1.82, 2.24) is 30.2 Å². The third-order valence-corrected chi connectivity index (χ3v) is 5.12. The van der Waals surface area contributed by atoms with Gasteiger partial charge in [0.1, 0.15) is 5.82 Å². The Morgan fingerprint density at radius 2 is 2.12 bits per heavy atom. The van der Waals surface area contributed by atoms with Gasteiger partial charge in [0.05, 0.1) is 0 Å². The lowest BCUT2D eigenvalue weighted by Crippen LogP contribution is -2.27. The number of nitrogens with one attached hydrogen (secondary N) is 3. The van der Waals surface area contributed by atoms with Crippen LogP contribution >= 0.6 is 11.3 Å². The first kappa shape index (κ1) is 16.2. The van der Waals surface area contributed by atoms with E-state index in [0.29, 0.717) is 16.4 Å². The van der Waals surface area contributed by atoms with Crippen LogP contribution < -0.4 is 15.6 Å². The van der Waals surface area contributed by atoms with Gasteiger partial charge in [-0.05, 0) is 44.7 Å². The first-order chi connectivity index (χ1) is 12.3. The van der Waals surface area contributed by atoms with E-state index < -0.39 is 0 Å². The van der Waals surface area contributed by atoms with E-state index in [1.54, 1.807) is 11.6 Å². The number of aromatic amines is 2. The molecule has 0 aliphatic carbocycles. The second kappa shape index (κ2) is 7.32. The highest BCUT2D eigenvalue weighted by molar-refractivity contribution is 7.11. The normalized spacial score (nSPS) is 15.7. The van der Waals surface area contributed by atoms with Gasteiger partial charge in [-0.25, -0.2) is 9.97 Å². The molecule has 3 aromatic heterocycles. The van der Waals surface area contributed by atoms with Crippen molar-refractivity contribution in [1.29, 1.82) is 0 Å². The SMILES string of the molecule is O=c1[nH]c(Oc2nccs2)nc2nc(CCCC3CCNCC3)[nH]c12. The summed E-state index contributed by atoms with van der Waals surface area (Å²) in [5.41, 5.74) is 0.490. The van der Waals surface area contributed by atoms with Crippen LogP contribution in [0.25, 0.3) is 11.2 Å². The number of ether oxygens (including phenoxy) is 1. The van der Waals surface area contributed by atoms with Crippen LogP contribution in [0.2, 0.25) is 0 Å². The predicted molar refractivity (Wildman–Crippen MR) is 95.2 cm³/mol. The fourth-order valence-electron chi connectivity index (χ4n) is 3.17. The van der Waals surface area contributed by atoms with Gasteiger partial charge in [0.2, 0.25) is 0 Å². The highest BCUT2D eigenvalue weighted by atomic mass is 32.1. The summed E-state index contributed by atoms with van der Waals surface area (Å²) in [6.07, 6.45) is 7.21. The Morgan fingerprint density at radius 1 is 1.24 bits per heavy atom. The third-order valence-electron chi connectivity index (χ3n) is 4.47. The van der Waals surface area contributed by atoms with E-state index in [1.165, 1.54) is 30.6 Å². The maximum absolute atomic E-state index is 12.2. The van der Waals surface area contributed by atoms with E-state index in [-0.39, 0.29) is 11.6 Å². The molecule has 0 unspecified atom stereocenters. The number of hydrogen-bond acceptors (Lipinski definition) is 7. The molecule has 0 bridgehead atoms. The van der Waals surface area contributed by atoms with Gasteiger partial charge in [-0.3, -0.25) is 9.78 Å². The largest absolute Gasteiger partial charge is 0.397 e. The summed E-state index contributed by atoms with van der Waals surface area (Å²) in [4.78, 5) is 30.6. The van der Waals surface area contributed by atoms with Gasteiger partial charge in [-0.15, -0.1) is 0 Å². The van der Waals surface area contributed by atoms with Crippen LogP contribution in [0.3, 0.4) is 0 Å². The van der Waals surface area contributed by atoms with Crippen LogP contribution in [0.15, 0.2) is 16.4 Å². The zero-order chi connectivity index (χ0) is 17.1. The minimum Gasteiger partial charge on any atom is -0.397 e. The Labute approximate surface area is 148 Å². The minimum absolute atomic E-state index is 0.111. The summed E-state index contributed by atoms with van der Waals surface area (Å²) in [6, 6.07) is 0.111. The van der Waals surface area contributed by atoms with E-state index in [2.05, 4.69) is 30.2 Å². The number of fused-ring (bicyclic) bond motifs is 1. The number of piperidine rings is 1. The molecule has 0 atom stereocenters. The van der Waals surface area contributed by atoms with E-state index in [0.717, 1.165) is 37.7 Å². The Bertz CT molecular complexity index is 882. The first-order valence-electron chi connectivity index (χ1n) is 8.55. The average Bonchev–Trinajstić information content (AvgIpc) is 3.26. The lowest BCUT2D eigenvalue weighted by Gasteiger charge is -2.22. The molecule has 9 heteroatoms. The summed E-state index contributed by atoms with van der Waals surface area (Å²) in [5.74, 6) is 1.60. The second-order valence-electron chi connectivity index (χ2n) is 6.24. The number of nitrogens with zero attached hydrogens (tertiary/aromatic N) is 3. The van der Waals surface area contributed by atoms with Gasteiger partial charge in [-0.2, -0.15) is 4.98 Å². The molecule has 0 aromatic carbocycles. The van der Waals surface area contributed by atoms with Crippen molar-refractivity contribution in [2.45, 2.75) is 32.1 Å². The second-order valence-corrected chi connectivity index (χ2v) is 7.10. The molecule has 132 valence electrons. The Hall–Kier alpha value is -2.26. The van der Waals surface area contributed by atoms with Crippen molar-refractivity contribution in [3.05, 3.63) is 27.8 Å². The first-order valence-corrected chi connectivity index (χ1v) is 9.43. The molecule has 3 aromatic rings. The zero-order valence-electron chi connectivity index (χ0n) is 13.7. The van der Waals surface area contributed by atoms with Gasteiger partial charge in [0, 0.05) is 18.0 Å². The molecule has 25 heavy (non-hydrogen) atoms. The molecule has 3 N–H and O–H groups in total. The highest BCUT2D eigenvalue weighted by Crippen LogP contribution is 2.21. The van der Waals surface area contributed by atoms with Crippen molar-refractivity contribution in [2.75, 3.05) is 13.1 Å². The van der Waals surface area contributed by atoms with Gasteiger partial charge in [0.25, 0.3) is 10.8 Å². The number of aromatic nitrogens is 5. The molecule has 0 spiro atoms. The average molecular weight is 360 g/mol. The van der Waals surface area contributed by atoms with Gasteiger partial charge < -0.3 is 15.0 Å². The summed E-state index contributed by atoms with van der Waals surface area (Å²) in [7, 11) is 0. The van der Waals surface area contributed by atoms with E-state index in [9.17, 15) is 4.79 Å². The summed E-state index contributed by atoms with van der Waals surface area (Å²) >= 11 is 1.33. The number of thiazole rings is 1. The predicted octanol–water partition coefficient (Wildman–Crippen LogP) is 2.22. The zero-order valence-corrected chi connectivity index (χ0v) is 14.6. The number of H-pyrrole nitrogens is 2. The van der Waals surface area contributed by atoms with Crippen molar-refractivity contribution >= 4 is 22.5 Å². The van der Waals surface area contributed by atoms with Crippen LogP contribution in [-0.2, 0) is 6.42 Å². The van der Waals surface area contributed by atoms with Crippen molar-refractivity contribution in [3.63, 3.8) is 0 Å². The standard InChI is InChI=1S/C16H20N6O2S/c23-14-12-13(21-15(22-14)24-16-18-8-9-25-16)20-11(19-12)3-1-2-10-4-6-17-7-5-10/h8-10,17H,1-7H2,(H2,19,20,21,22,23). The number of hydrogen-bond donors (Lipinski definition) is 3. The topological polar surface area (TPSA) is 109 Å². The summed E-state index contributed by atoms with van der Waals surface area (Å²) < 4.78 is 5.46. The van der Waals surface area contributed by atoms with Crippen LogP contribution in [0, 0.1) is 5.92 Å². The molecule has 4 rings (SSSR count). The molecular formula is C16H20N6O2S. The quantitative estimate of drug-likeness (QED) is 0.622. The number of aryl methyl sites for hydroxylation is 1. The Balaban J connectivity index is 1.44.